The summed E-state index contributed by atoms with van der Waals surface area (Å²) >= 11 is 0. The normalized spacial score (nSPS) is 11.7. The maximum atomic E-state index is 12.5. The summed E-state index contributed by atoms with van der Waals surface area (Å²) in [5.74, 6) is -1.01. The van der Waals surface area contributed by atoms with E-state index in [4.69, 9.17) is 4.74 Å². The number of amides is 1. The van der Waals surface area contributed by atoms with Crippen LogP contribution in [-0.2, 0) is 9.53 Å². The van der Waals surface area contributed by atoms with Gasteiger partial charge in [0.05, 0.1) is 5.69 Å². The summed E-state index contributed by atoms with van der Waals surface area (Å²) in [6.07, 6.45) is -0.948. The molecule has 6 heteroatoms. The predicted octanol–water partition coefficient (Wildman–Crippen LogP) is 4.19. The number of carbonyl (C=O) groups is 2. The number of aromatic amines is 1. The van der Waals surface area contributed by atoms with Crippen molar-refractivity contribution in [1.82, 2.24) is 10.2 Å². The van der Waals surface area contributed by atoms with E-state index < -0.39 is 12.1 Å². The number of aryl methyl sites for hydroxylation is 3. The summed E-state index contributed by atoms with van der Waals surface area (Å²) < 4.78 is 5.30. The Hall–Kier alpha value is -3.41. The molecule has 1 atom stereocenters. The molecule has 0 saturated carbocycles. The van der Waals surface area contributed by atoms with E-state index in [1.54, 1.807) is 13.0 Å². The number of hydrogen-bond donors (Lipinski definition) is 2. The smallest absolute Gasteiger partial charge is 0.357 e. The van der Waals surface area contributed by atoms with Crippen LogP contribution in [0, 0.1) is 20.8 Å². The fraction of sp³-hybridized carbons (Fsp3) is 0.227. The zero-order chi connectivity index (χ0) is 20.3. The number of nitrogens with one attached hydrogen (secondary N) is 2. The number of esters is 1. The van der Waals surface area contributed by atoms with Crippen LogP contribution in [0.15, 0.2) is 48.5 Å². The molecule has 6 nitrogen and oxygen atoms in total. The lowest BCUT2D eigenvalue weighted by molar-refractivity contribution is -0.123. The second-order valence-electron chi connectivity index (χ2n) is 6.84. The monoisotopic (exact) mass is 377 g/mol. The Balaban J connectivity index is 1.66. The van der Waals surface area contributed by atoms with Crippen LogP contribution in [0.25, 0.3) is 11.3 Å². The summed E-state index contributed by atoms with van der Waals surface area (Å²) in [5, 5.41) is 9.65. The molecule has 0 saturated heterocycles. The standard InChI is InChI=1S/C22H23N3O3/c1-13-10-14(2)20(15(3)11-13)23-21(26)16(4)28-22(27)19-12-18(24-25-19)17-8-6-5-7-9-17/h5-12,16H,1-4H3,(H,23,26)(H,24,25)/t16-/m0/s1. The van der Waals surface area contributed by atoms with Gasteiger partial charge in [0.2, 0.25) is 0 Å². The van der Waals surface area contributed by atoms with Gasteiger partial charge < -0.3 is 10.1 Å². The molecule has 0 spiro atoms. The molecule has 0 aliphatic heterocycles. The summed E-state index contributed by atoms with van der Waals surface area (Å²) in [6.45, 7) is 7.41. The summed E-state index contributed by atoms with van der Waals surface area (Å²) in [4.78, 5) is 24.8. The Morgan fingerprint density at radius 2 is 1.68 bits per heavy atom. The number of rotatable bonds is 5. The number of nitrogens with zero attached hydrogens (tertiary/aromatic N) is 1. The zero-order valence-electron chi connectivity index (χ0n) is 16.4. The number of aromatic nitrogens is 2. The molecule has 0 bridgehead atoms. The fourth-order valence-electron chi connectivity index (χ4n) is 3.06. The third kappa shape index (κ3) is 4.28. The molecule has 0 fully saturated rings. The van der Waals surface area contributed by atoms with Gasteiger partial charge in [-0.25, -0.2) is 4.79 Å². The first-order valence-electron chi connectivity index (χ1n) is 9.05. The summed E-state index contributed by atoms with van der Waals surface area (Å²) in [7, 11) is 0. The Kier molecular flexibility index (Phi) is 5.59. The molecule has 0 radical (unpaired) electrons. The van der Waals surface area contributed by atoms with E-state index >= 15 is 0 Å². The van der Waals surface area contributed by atoms with Crippen LogP contribution in [0.3, 0.4) is 0 Å². The summed E-state index contributed by atoms with van der Waals surface area (Å²) in [6, 6.07) is 15.1. The van der Waals surface area contributed by atoms with Gasteiger partial charge in [-0.05, 0) is 44.9 Å². The topological polar surface area (TPSA) is 84.1 Å². The van der Waals surface area contributed by atoms with E-state index in [1.165, 1.54) is 0 Å². The Morgan fingerprint density at radius 1 is 1.04 bits per heavy atom. The van der Waals surface area contributed by atoms with Gasteiger partial charge in [0.15, 0.2) is 6.10 Å². The van der Waals surface area contributed by atoms with E-state index in [9.17, 15) is 9.59 Å². The molecule has 2 N–H and O–H groups in total. The van der Waals surface area contributed by atoms with Crippen molar-refractivity contribution in [2.75, 3.05) is 5.32 Å². The van der Waals surface area contributed by atoms with Crippen molar-refractivity contribution in [1.29, 1.82) is 0 Å². The molecular weight excluding hydrogens is 354 g/mol. The Labute approximate surface area is 163 Å². The molecule has 0 unspecified atom stereocenters. The van der Waals surface area contributed by atoms with Crippen molar-refractivity contribution >= 4 is 17.6 Å². The minimum Gasteiger partial charge on any atom is -0.448 e. The minimum absolute atomic E-state index is 0.196. The molecule has 0 aliphatic rings. The van der Waals surface area contributed by atoms with Crippen LogP contribution < -0.4 is 5.32 Å². The minimum atomic E-state index is -0.948. The third-order valence-electron chi connectivity index (χ3n) is 4.45. The molecule has 3 aromatic rings. The molecule has 144 valence electrons. The Bertz CT molecular complexity index is 986. The van der Waals surface area contributed by atoms with Crippen LogP contribution >= 0.6 is 0 Å². The van der Waals surface area contributed by atoms with Crippen LogP contribution in [-0.4, -0.2) is 28.2 Å². The molecule has 28 heavy (non-hydrogen) atoms. The maximum Gasteiger partial charge on any atom is 0.357 e. The lowest BCUT2D eigenvalue weighted by Crippen LogP contribution is -2.30. The molecule has 3 rings (SSSR count). The van der Waals surface area contributed by atoms with Gasteiger partial charge in [-0.2, -0.15) is 5.10 Å². The maximum absolute atomic E-state index is 12.5. The number of benzene rings is 2. The lowest BCUT2D eigenvalue weighted by Gasteiger charge is -2.16. The molecule has 1 aromatic heterocycles. The van der Waals surface area contributed by atoms with Gasteiger partial charge in [-0.3, -0.25) is 9.89 Å². The second-order valence-corrected chi connectivity index (χ2v) is 6.84. The highest BCUT2D eigenvalue weighted by Crippen LogP contribution is 2.22. The van der Waals surface area contributed by atoms with Gasteiger partial charge in [-0.15, -0.1) is 0 Å². The SMILES string of the molecule is Cc1cc(C)c(NC(=O)[C@H](C)OC(=O)c2cc(-c3ccccc3)n[nH]2)c(C)c1. The average molecular weight is 377 g/mol. The molecule has 1 amide bonds. The van der Waals surface area contributed by atoms with Crippen molar-refractivity contribution in [2.24, 2.45) is 0 Å². The van der Waals surface area contributed by atoms with Crippen LogP contribution in [0.1, 0.15) is 34.1 Å². The predicted molar refractivity (Wildman–Crippen MR) is 108 cm³/mol. The average Bonchev–Trinajstić information content (AvgIpc) is 3.15. The highest BCUT2D eigenvalue weighted by molar-refractivity contribution is 5.98. The highest BCUT2D eigenvalue weighted by atomic mass is 16.5. The largest absolute Gasteiger partial charge is 0.448 e. The first-order valence-corrected chi connectivity index (χ1v) is 9.05. The number of H-pyrrole nitrogens is 1. The van der Waals surface area contributed by atoms with Gasteiger partial charge in [-0.1, -0.05) is 48.0 Å². The molecule has 2 aromatic carbocycles. The van der Waals surface area contributed by atoms with Crippen LogP contribution in [0.5, 0.6) is 0 Å². The van der Waals surface area contributed by atoms with E-state index in [0.717, 1.165) is 27.9 Å². The lowest BCUT2D eigenvalue weighted by atomic mass is 10.0. The highest BCUT2D eigenvalue weighted by Gasteiger charge is 2.21. The molecule has 1 heterocycles. The fourth-order valence-corrected chi connectivity index (χ4v) is 3.06. The first kappa shape index (κ1) is 19.4. The van der Waals surface area contributed by atoms with Crippen molar-refractivity contribution < 1.29 is 14.3 Å². The summed E-state index contributed by atoms with van der Waals surface area (Å²) in [5.41, 5.74) is 5.51. The number of carbonyl (C=O) groups excluding carboxylic acids is 2. The number of ether oxygens (including phenoxy) is 1. The van der Waals surface area contributed by atoms with Crippen molar-refractivity contribution in [3.63, 3.8) is 0 Å². The third-order valence-corrected chi connectivity index (χ3v) is 4.45. The first-order chi connectivity index (χ1) is 13.3. The second kappa shape index (κ2) is 8.08. The van der Waals surface area contributed by atoms with E-state index in [2.05, 4.69) is 15.5 Å². The van der Waals surface area contributed by atoms with Crippen LogP contribution in [0.4, 0.5) is 5.69 Å². The van der Waals surface area contributed by atoms with Gasteiger partial charge in [0.1, 0.15) is 5.69 Å². The quantitative estimate of drug-likeness (QED) is 0.653. The number of hydrogen-bond acceptors (Lipinski definition) is 4. The van der Waals surface area contributed by atoms with Crippen molar-refractivity contribution in [3.05, 3.63) is 70.9 Å². The zero-order valence-corrected chi connectivity index (χ0v) is 16.4. The van der Waals surface area contributed by atoms with Crippen molar-refractivity contribution in [3.8, 4) is 11.3 Å². The molecule has 0 aliphatic carbocycles. The van der Waals surface area contributed by atoms with E-state index in [0.29, 0.717) is 5.69 Å². The van der Waals surface area contributed by atoms with E-state index in [-0.39, 0.29) is 11.6 Å². The van der Waals surface area contributed by atoms with Gasteiger partial charge >= 0.3 is 5.97 Å². The molecular formula is C22H23N3O3. The number of anilines is 1. The van der Waals surface area contributed by atoms with Gasteiger partial charge in [0, 0.05) is 11.3 Å². The van der Waals surface area contributed by atoms with Crippen molar-refractivity contribution in [2.45, 2.75) is 33.8 Å². The Morgan fingerprint density at radius 3 is 2.32 bits per heavy atom. The van der Waals surface area contributed by atoms with E-state index in [1.807, 2.05) is 63.2 Å². The van der Waals surface area contributed by atoms with Gasteiger partial charge in [0.25, 0.3) is 5.91 Å². The van der Waals surface area contributed by atoms with Crippen LogP contribution in [0.2, 0.25) is 0 Å².